The zero-order valence-corrected chi connectivity index (χ0v) is 10.7. The van der Waals surface area contributed by atoms with Gasteiger partial charge in [0.05, 0.1) is 0 Å². The van der Waals surface area contributed by atoms with Crippen LogP contribution in [0.2, 0.25) is 0 Å². The van der Waals surface area contributed by atoms with Crippen molar-refractivity contribution >= 4 is 5.91 Å². The number of nitrogens with one attached hydrogen (secondary N) is 1. The van der Waals surface area contributed by atoms with Gasteiger partial charge in [0.25, 0.3) is 0 Å². The molecule has 3 heteroatoms. The van der Waals surface area contributed by atoms with Gasteiger partial charge in [-0.05, 0) is 43.1 Å². The second kappa shape index (κ2) is 6.20. The summed E-state index contributed by atoms with van der Waals surface area (Å²) in [6.07, 6.45) is 8.45. The summed E-state index contributed by atoms with van der Waals surface area (Å²) in [6, 6.07) is 0. The Labute approximate surface area is 104 Å². The third-order valence-electron chi connectivity index (χ3n) is 3.90. The molecule has 1 amide bonds. The molecule has 17 heavy (non-hydrogen) atoms. The minimum atomic E-state index is 0.0678. The largest absolute Gasteiger partial charge is 0.381 e. The van der Waals surface area contributed by atoms with Gasteiger partial charge in [-0.25, -0.2) is 0 Å². The number of rotatable bonds is 5. The Morgan fingerprint density at radius 1 is 1.41 bits per heavy atom. The SMILES string of the molecule is CCC1CC1/C=C/C(=O)NCC1CCOCC1. The van der Waals surface area contributed by atoms with Crippen LogP contribution in [0.5, 0.6) is 0 Å². The molecule has 1 saturated carbocycles. The number of carbonyl (C=O) groups is 1. The number of hydrogen-bond donors (Lipinski definition) is 1. The van der Waals surface area contributed by atoms with Crippen LogP contribution in [0, 0.1) is 17.8 Å². The molecule has 0 aromatic heterocycles. The van der Waals surface area contributed by atoms with Crippen LogP contribution in [0.1, 0.15) is 32.6 Å². The van der Waals surface area contributed by atoms with E-state index in [1.165, 1.54) is 12.8 Å². The van der Waals surface area contributed by atoms with E-state index in [9.17, 15) is 4.79 Å². The highest BCUT2D eigenvalue weighted by atomic mass is 16.5. The van der Waals surface area contributed by atoms with Gasteiger partial charge in [-0.15, -0.1) is 0 Å². The lowest BCUT2D eigenvalue weighted by Gasteiger charge is -2.21. The minimum Gasteiger partial charge on any atom is -0.381 e. The lowest BCUT2D eigenvalue weighted by Crippen LogP contribution is -2.31. The van der Waals surface area contributed by atoms with Gasteiger partial charge in [0.1, 0.15) is 0 Å². The summed E-state index contributed by atoms with van der Waals surface area (Å²) in [7, 11) is 0. The molecular formula is C14H23NO2. The Kier molecular flexibility index (Phi) is 4.60. The average Bonchev–Trinajstić information content (AvgIpc) is 3.14. The zero-order valence-electron chi connectivity index (χ0n) is 10.7. The van der Waals surface area contributed by atoms with Crippen molar-refractivity contribution in [1.29, 1.82) is 0 Å². The zero-order chi connectivity index (χ0) is 12.1. The molecule has 3 nitrogen and oxygen atoms in total. The molecule has 2 fully saturated rings. The van der Waals surface area contributed by atoms with E-state index in [1.54, 1.807) is 6.08 Å². The Balaban J connectivity index is 1.60. The van der Waals surface area contributed by atoms with E-state index in [-0.39, 0.29) is 5.91 Å². The van der Waals surface area contributed by atoms with Gasteiger partial charge in [0.15, 0.2) is 0 Å². The van der Waals surface area contributed by atoms with Crippen molar-refractivity contribution in [1.82, 2.24) is 5.32 Å². The minimum absolute atomic E-state index is 0.0678. The third kappa shape index (κ3) is 4.15. The summed E-state index contributed by atoms with van der Waals surface area (Å²) in [5, 5.41) is 2.99. The fourth-order valence-corrected chi connectivity index (χ4v) is 2.44. The molecule has 1 N–H and O–H groups in total. The highest BCUT2D eigenvalue weighted by Crippen LogP contribution is 2.41. The molecule has 1 heterocycles. The average molecular weight is 237 g/mol. The summed E-state index contributed by atoms with van der Waals surface area (Å²) in [6.45, 7) is 4.70. The first-order chi connectivity index (χ1) is 8.29. The van der Waals surface area contributed by atoms with E-state index < -0.39 is 0 Å². The van der Waals surface area contributed by atoms with Crippen molar-refractivity contribution in [3.8, 4) is 0 Å². The lowest BCUT2D eigenvalue weighted by atomic mass is 10.0. The third-order valence-corrected chi connectivity index (χ3v) is 3.90. The molecular weight excluding hydrogens is 214 g/mol. The predicted molar refractivity (Wildman–Crippen MR) is 67.6 cm³/mol. The smallest absolute Gasteiger partial charge is 0.243 e. The van der Waals surface area contributed by atoms with Crippen molar-refractivity contribution in [2.75, 3.05) is 19.8 Å². The quantitative estimate of drug-likeness (QED) is 0.744. The highest BCUT2D eigenvalue weighted by Gasteiger charge is 2.32. The Morgan fingerprint density at radius 2 is 2.18 bits per heavy atom. The summed E-state index contributed by atoms with van der Waals surface area (Å²) in [5.41, 5.74) is 0. The van der Waals surface area contributed by atoms with Gasteiger partial charge < -0.3 is 10.1 Å². The normalized spacial score (nSPS) is 29.5. The van der Waals surface area contributed by atoms with E-state index in [4.69, 9.17) is 4.74 Å². The van der Waals surface area contributed by atoms with E-state index in [0.717, 1.165) is 38.5 Å². The summed E-state index contributed by atoms with van der Waals surface area (Å²) < 4.78 is 5.29. The lowest BCUT2D eigenvalue weighted by molar-refractivity contribution is -0.116. The monoisotopic (exact) mass is 237 g/mol. The van der Waals surface area contributed by atoms with Crippen LogP contribution >= 0.6 is 0 Å². The first-order valence-electron chi connectivity index (χ1n) is 6.83. The molecule has 0 bridgehead atoms. The van der Waals surface area contributed by atoms with Crippen LogP contribution < -0.4 is 5.32 Å². The van der Waals surface area contributed by atoms with Crippen LogP contribution in [-0.4, -0.2) is 25.7 Å². The van der Waals surface area contributed by atoms with Crippen LogP contribution in [-0.2, 0) is 9.53 Å². The van der Waals surface area contributed by atoms with Crippen molar-refractivity contribution in [3.05, 3.63) is 12.2 Å². The molecule has 2 aliphatic rings. The fourth-order valence-electron chi connectivity index (χ4n) is 2.44. The second-order valence-corrected chi connectivity index (χ2v) is 5.23. The molecule has 0 aromatic rings. The maximum absolute atomic E-state index is 11.6. The van der Waals surface area contributed by atoms with Crippen molar-refractivity contribution in [2.45, 2.75) is 32.6 Å². The van der Waals surface area contributed by atoms with E-state index >= 15 is 0 Å². The van der Waals surface area contributed by atoms with Crippen LogP contribution in [0.3, 0.4) is 0 Å². The van der Waals surface area contributed by atoms with Crippen LogP contribution in [0.4, 0.5) is 0 Å². The van der Waals surface area contributed by atoms with Crippen LogP contribution in [0.15, 0.2) is 12.2 Å². The van der Waals surface area contributed by atoms with Crippen molar-refractivity contribution in [2.24, 2.45) is 17.8 Å². The Morgan fingerprint density at radius 3 is 2.82 bits per heavy atom. The van der Waals surface area contributed by atoms with Gasteiger partial charge >= 0.3 is 0 Å². The molecule has 0 spiro atoms. The topological polar surface area (TPSA) is 38.3 Å². The number of hydrogen-bond acceptors (Lipinski definition) is 2. The Hall–Kier alpha value is -0.830. The van der Waals surface area contributed by atoms with Crippen LogP contribution in [0.25, 0.3) is 0 Å². The Bertz CT molecular complexity index is 282. The van der Waals surface area contributed by atoms with Gasteiger partial charge in [-0.1, -0.05) is 19.4 Å². The number of ether oxygens (including phenoxy) is 1. The molecule has 1 saturated heterocycles. The molecule has 1 aliphatic carbocycles. The molecule has 0 aromatic carbocycles. The summed E-state index contributed by atoms with van der Waals surface area (Å²) in [5.74, 6) is 2.16. The van der Waals surface area contributed by atoms with Crippen molar-refractivity contribution in [3.63, 3.8) is 0 Å². The standard InChI is InChI=1S/C14H23NO2/c1-2-12-9-13(12)3-4-14(16)15-10-11-5-7-17-8-6-11/h3-4,11-13H,2,5-10H2,1H3,(H,15,16)/b4-3+. The molecule has 2 atom stereocenters. The molecule has 1 aliphatic heterocycles. The maximum atomic E-state index is 11.6. The molecule has 0 radical (unpaired) electrons. The summed E-state index contributed by atoms with van der Waals surface area (Å²) >= 11 is 0. The van der Waals surface area contributed by atoms with Gasteiger partial charge in [0.2, 0.25) is 5.91 Å². The fraction of sp³-hybridized carbons (Fsp3) is 0.786. The van der Waals surface area contributed by atoms with Gasteiger partial charge in [0, 0.05) is 19.8 Å². The number of amides is 1. The second-order valence-electron chi connectivity index (χ2n) is 5.23. The highest BCUT2D eigenvalue weighted by molar-refractivity contribution is 5.87. The van der Waals surface area contributed by atoms with E-state index in [2.05, 4.69) is 18.3 Å². The maximum Gasteiger partial charge on any atom is 0.243 e. The van der Waals surface area contributed by atoms with Gasteiger partial charge in [-0.2, -0.15) is 0 Å². The molecule has 2 rings (SSSR count). The molecule has 96 valence electrons. The van der Waals surface area contributed by atoms with Crippen molar-refractivity contribution < 1.29 is 9.53 Å². The molecule has 2 unspecified atom stereocenters. The summed E-state index contributed by atoms with van der Waals surface area (Å²) in [4.78, 5) is 11.6. The van der Waals surface area contributed by atoms with E-state index in [0.29, 0.717) is 11.8 Å². The predicted octanol–water partition coefficient (Wildman–Crippen LogP) is 2.13. The first-order valence-corrected chi connectivity index (χ1v) is 6.83. The first kappa shape index (κ1) is 12.6. The van der Waals surface area contributed by atoms with E-state index in [1.807, 2.05) is 0 Å². The number of allylic oxidation sites excluding steroid dienone is 1. The van der Waals surface area contributed by atoms with Gasteiger partial charge in [-0.3, -0.25) is 4.79 Å². The number of carbonyl (C=O) groups excluding carboxylic acids is 1.